The number of nitrogens with one attached hydrogen (secondary N) is 1. The Morgan fingerprint density at radius 1 is 1.03 bits per heavy atom. The first-order valence-corrected chi connectivity index (χ1v) is 11.5. The monoisotopic (exact) mass is 426 g/mol. The molecule has 7 heteroatoms. The van der Waals surface area contributed by atoms with Gasteiger partial charge in [-0.3, -0.25) is 4.79 Å². The summed E-state index contributed by atoms with van der Waals surface area (Å²) in [6.45, 7) is 6.03. The van der Waals surface area contributed by atoms with Crippen molar-refractivity contribution in [3.63, 3.8) is 0 Å². The number of furan rings is 1. The Morgan fingerprint density at radius 2 is 1.80 bits per heavy atom. The van der Waals surface area contributed by atoms with Crippen LogP contribution >= 0.6 is 0 Å². The molecule has 6 nitrogen and oxygen atoms in total. The first kappa shape index (κ1) is 21.6. The Hall–Kier alpha value is -3.06. The minimum absolute atomic E-state index is 0.104. The van der Waals surface area contributed by atoms with Gasteiger partial charge in [0.15, 0.2) is 15.6 Å². The fraction of sp³-hybridized carbons (Fsp3) is 0.261. The molecule has 0 saturated heterocycles. The highest BCUT2D eigenvalue weighted by molar-refractivity contribution is 7.90. The lowest BCUT2D eigenvalue weighted by Gasteiger charge is -2.23. The average molecular weight is 427 g/mol. The zero-order valence-corrected chi connectivity index (χ0v) is 18.0. The minimum Gasteiger partial charge on any atom is -0.455 e. The van der Waals surface area contributed by atoms with Crippen LogP contribution in [0.1, 0.15) is 28.8 Å². The van der Waals surface area contributed by atoms with Gasteiger partial charge in [0.25, 0.3) is 5.91 Å². The summed E-state index contributed by atoms with van der Waals surface area (Å²) in [5.41, 5.74) is 2.29. The summed E-state index contributed by atoms with van der Waals surface area (Å²) < 4.78 is 30.4. The summed E-state index contributed by atoms with van der Waals surface area (Å²) in [6, 6.07) is 19.4. The van der Waals surface area contributed by atoms with E-state index in [9.17, 15) is 13.2 Å². The van der Waals surface area contributed by atoms with Crippen LogP contribution in [0.3, 0.4) is 0 Å². The lowest BCUT2D eigenvalue weighted by atomic mass is 10.2. The van der Waals surface area contributed by atoms with Crippen LogP contribution in [-0.2, 0) is 15.6 Å². The highest BCUT2D eigenvalue weighted by Crippen LogP contribution is 2.18. The van der Waals surface area contributed by atoms with E-state index in [4.69, 9.17) is 4.42 Å². The zero-order chi connectivity index (χ0) is 21.6. The van der Waals surface area contributed by atoms with Crippen LogP contribution in [0.25, 0.3) is 0 Å². The number of carbonyl (C=O) groups excluding carboxylic acids is 1. The molecule has 3 aromatic rings. The second-order valence-corrected chi connectivity index (χ2v) is 9.00. The number of sulfone groups is 1. The Morgan fingerprint density at radius 3 is 2.50 bits per heavy atom. The minimum atomic E-state index is -3.52. The summed E-state index contributed by atoms with van der Waals surface area (Å²) in [6.07, 6.45) is 0. The molecule has 0 aliphatic heterocycles. The average Bonchev–Trinajstić information content (AvgIpc) is 3.19. The van der Waals surface area contributed by atoms with E-state index in [1.807, 2.05) is 25.1 Å². The Balaban J connectivity index is 1.56. The number of hydrogen-bond acceptors (Lipinski definition) is 5. The van der Waals surface area contributed by atoms with Crippen molar-refractivity contribution >= 4 is 21.4 Å². The Bertz CT molecular complexity index is 1090. The van der Waals surface area contributed by atoms with Gasteiger partial charge in [0.1, 0.15) is 11.5 Å². The fourth-order valence-corrected chi connectivity index (χ4v) is 4.43. The standard InChI is InChI=1S/C23H26N2O4S/c1-3-25(19-9-7-8-18(2)16-19)15-14-24-23(26)22-13-12-20(29-22)17-30(27,28)21-10-5-4-6-11-21/h4-13,16H,3,14-15,17H2,1-2H3,(H,24,26). The maximum Gasteiger partial charge on any atom is 0.287 e. The molecule has 2 aromatic carbocycles. The van der Waals surface area contributed by atoms with Crippen molar-refractivity contribution in [2.75, 3.05) is 24.5 Å². The van der Waals surface area contributed by atoms with Gasteiger partial charge in [-0.05, 0) is 55.8 Å². The molecule has 1 heterocycles. The van der Waals surface area contributed by atoms with Crippen LogP contribution in [0.15, 0.2) is 76.0 Å². The molecule has 0 bridgehead atoms. The Kier molecular flexibility index (Phi) is 6.95. The van der Waals surface area contributed by atoms with Crippen LogP contribution < -0.4 is 10.2 Å². The highest BCUT2D eigenvalue weighted by atomic mass is 32.2. The van der Waals surface area contributed by atoms with E-state index in [1.54, 1.807) is 30.3 Å². The SMILES string of the molecule is CCN(CCNC(=O)c1ccc(CS(=O)(=O)c2ccccc2)o1)c1cccc(C)c1. The van der Waals surface area contributed by atoms with E-state index in [0.29, 0.717) is 13.1 Å². The molecule has 1 aromatic heterocycles. The van der Waals surface area contributed by atoms with Gasteiger partial charge in [-0.15, -0.1) is 0 Å². The maximum atomic E-state index is 12.5. The third-order valence-corrected chi connectivity index (χ3v) is 6.39. The summed E-state index contributed by atoms with van der Waals surface area (Å²) in [4.78, 5) is 14.8. The van der Waals surface area contributed by atoms with Gasteiger partial charge in [-0.25, -0.2) is 8.42 Å². The van der Waals surface area contributed by atoms with Crippen LogP contribution in [-0.4, -0.2) is 34.0 Å². The fourth-order valence-electron chi connectivity index (χ4n) is 3.16. The molecule has 0 unspecified atom stereocenters. The number of nitrogens with zero attached hydrogens (tertiary/aromatic N) is 1. The quantitative estimate of drug-likeness (QED) is 0.563. The molecule has 158 valence electrons. The topological polar surface area (TPSA) is 79.6 Å². The van der Waals surface area contributed by atoms with Gasteiger partial charge in [0.2, 0.25) is 0 Å². The molecule has 0 spiro atoms. The number of amides is 1. The lowest BCUT2D eigenvalue weighted by molar-refractivity contribution is 0.0925. The predicted molar refractivity (Wildman–Crippen MR) is 117 cm³/mol. The largest absolute Gasteiger partial charge is 0.455 e. The van der Waals surface area contributed by atoms with Crippen molar-refractivity contribution in [2.24, 2.45) is 0 Å². The van der Waals surface area contributed by atoms with E-state index >= 15 is 0 Å². The number of hydrogen-bond donors (Lipinski definition) is 1. The second-order valence-electron chi connectivity index (χ2n) is 7.01. The van der Waals surface area contributed by atoms with Crippen LogP contribution in [0, 0.1) is 6.92 Å². The smallest absolute Gasteiger partial charge is 0.287 e. The second kappa shape index (κ2) is 9.63. The van der Waals surface area contributed by atoms with E-state index in [2.05, 4.69) is 23.2 Å². The molecule has 0 radical (unpaired) electrons. The summed E-state index contributed by atoms with van der Waals surface area (Å²) >= 11 is 0. The lowest BCUT2D eigenvalue weighted by Crippen LogP contribution is -2.34. The first-order valence-electron chi connectivity index (χ1n) is 9.85. The van der Waals surface area contributed by atoms with Gasteiger partial charge < -0.3 is 14.6 Å². The van der Waals surface area contributed by atoms with Crippen molar-refractivity contribution < 1.29 is 17.6 Å². The molecule has 0 fully saturated rings. The molecule has 0 aliphatic carbocycles. The third-order valence-electron chi connectivity index (χ3n) is 4.74. The molecule has 1 amide bonds. The number of carbonyl (C=O) groups is 1. The van der Waals surface area contributed by atoms with Crippen LogP contribution in [0.4, 0.5) is 5.69 Å². The molecule has 0 saturated carbocycles. The third kappa shape index (κ3) is 5.51. The predicted octanol–water partition coefficient (Wildman–Crippen LogP) is 3.82. The van der Waals surface area contributed by atoms with Gasteiger partial charge in [-0.2, -0.15) is 0 Å². The molecule has 1 N–H and O–H groups in total. The zero-order valence-electron chi connectivity index (χ0n) is 17.2. The normalized spacial score (nSPS) is 11.3. The number of rotatable bonds is 9. The molecule has 30 heavy (non-hydrogen) atoms. The van der Waals surface area contributed by atoms with Crippen molar-refractivity contribution in [2.45, 2.75) is 24.5 Å². The molecule has 3 rings (SSSR count). The Labute approximate surface area is 177 Å². The van der Waals surface area contributed by atoms with Crippen LogP contribution in [0.5, 0.6) is 0 Å². The van der Waals surface area contributed by atoms with Gasteiger partial charge in [0, 0.05) is 25.3 Å². The number of anilines is 1. The van der Waals surface area contributed by atoms with Crippen molar-refractivity contribution in [1.82, 2.24) is 5.32 Å². The van der Waals surface area contributed by atoms with E-state index < -0.39 is 9.84 Å². The molecule has 0 aliphatic rings. The molecule has 0 atom stereocenters. The summed E-state index contributed by atoms with van der Waals surface area (Å²) in [7, 11) is -3.52. The summed E-state index contributed by atoms with van der Waals surface area (Å²) in [5, 5.41) is 2.83. The van der Waals surface area contributed by atoms with Gasteiger partial charge in [-0.1, -0.05) is 30.3 Å². The molecular formula is C23H26N2O4S. The maximum absolute atomic E-state index is 12.5. The molecular weight excluding hydrogens is 400 g/mol. The number of aryl methyl sites for hydroxylation is 1. The highest BCUT2D eigenvalue weighted by Gasteiger charge is 2.19. The van der Waals surface area contributed by atoms with Crippen molar-refractivity contribution in [1.29, 1.82) is 0 Å². The van der Waals surface area contributed by atoms with E-state index in [-0.39, 0.29) is 28.1 Å². The first-order chi connectivity index (χ1) is 14.4. The number of benzene rings is 2. The van der Waals surface area contributed by atoms with Crippen molar-refractivity contribution in [3.8, 4) is 0 Å². The van der Waals surface area contributed by atoms with E-state index in [1.165, 1.54) is 17.7 Å². The van der Waals surface area contributed by atoms with E-state index in [0.717, 1.165) is 12.2 Å². The summed E-state index contributed by atoms with van der Waals surface area (Å²) in [5.74, 6) is -0.314. The van der Waals surface area contributed by atoms with Gasteiger partial charge >= 0.3 is 0 Å². The van der Waals surface area contributed by atoms with Gasteiger partial charge in [0.05, 0.1) is 4.90 Å². The van der Waals surface area contributed by atoms with Crippen molar-refractivity contribution in [3.05, 3.63) is 83.8 Å². The van der Waals surface area contributed by atoms with Crippen LogP contribution in [0.2, 0.25) is 0 Å². The number of likely N-dealkylation sites (N-methyl/N-ethyl adjacent to an activating group) is 1.